The largest absolute Gasteiger partial charge is 1.00 e. The summed E-state index contributed by atoms with van der Waals surface area (Å²) >= 11 is 5.23. The first-order valence-electron chi connectivity index (χ1n) is 1.58. The Morgan fingerprint density at radius 2 is 1.56 bits per heavy atom. The van der Waals surface area contributed by atoms with Crippen LogP contribution < -0.4 is 29.6 Å². The Hall–Kier alpha value is 1.87. The summed E-state index contributed by atoms with van der Waals surface area (Å²) in [6.07, 6.45) is 0. The molecule has 0 radical (unpaired) electrons. The van der Waals surface area contributed by atoms with Crippen molar-refractivity contribution >= 4 is 42.0 Å². The van der Waals surface area contributed by atoms with Crippen molar-refractivity contribution < 1.29 is 42.5 Å². The SMILES string of the molecule is CC(Br)(Br)S(=O)(=O)[O-].[Na+]. The van der Waals surface area contributed by atoms with Crippen molar-refractivity contribution in [3.05, 3.63) is 0 Å². The molecule has 0 aromatic heterocycles. The number of hydrogen-bond donors (Lipinski definition) is 0. The third kappa shape index (κ3) is 5.17. The van der Waals surface area contributed by atoms with E-state index >= 15 is 0 Å². The molecule has 0 fully saturated rings. The third-order valence-corrected chi connectivity index (χ3v) is 3.70. The molecule has 9 heavy (non-hydrogen) atoms. The maximum Gasteiger partial charge on any atom is 1.00 e. The van der Waals surface area contributed by atoms with Gasteiger partial charge in [0, 0.05) is 0 Å². The molecule has 50 valence electrons. The Kier molecular flexibility index (Phi) is 6.04. The van der Waals surface area contributed by atoms with Gasteiger partial charge in [0.25, 0.3) is 0 Å². The molecule has 0 spiro atoms. The summed E-state index contributed by atoms with van der Waals surface area (Å²) in [5, 5.41) is 0. The van der Waals surface area contributed by atoms with Gasteiger partial charge in [-0.1, -0.05) is 31.9 Å². The summed E-state index contributed by atoms with van der Waals surface area (Å²) in [4.78, 5) is 0. The molecule has 0 unspecified atom stereocenters. The van der Waals surface area contributed by atoms with Crippen molar-refractivity contribution in [1.82, 2.24) is 0 Å². The van der Waals surface area contributed by atoms with Crippen LogP contribution in [0, 0.1) is 0 Å². The molecule has 0 aliphatic carbocycles. The van der Waals surface area contributed by atoms with Gasteiger partial charge >= 0.3 is 29.6 Å². The molecule has 0 aliphatic rings. The Morgan fingerprint density at radius 1 is 1.44 bits per heavy atom. The van der Waals surface area contributed by atoms with E-state index in [1.165, 1.54) is 6.92 Å². The zero-order valence-electron chi connectivity index (χ0n) is 4.89. The topological polar surface area (TPSA) is 57.2 Å². The second-order valence-corrected chi connectivity index (χ2v) is 8.27. The summed E-state index contributed by atoms with van der Waals surface area (Å²) in [6, 6.07) is 0. The molecular weight excluding hydrogens is 287 g/mol. The number of rotatable bonds is 1. The van der Waals surface area contributed by atoms with Crippen LogP contribution in [0.3, 0.4) is 0 Å². The van der Waals surface area contributed by atoms with Crippen LogP contribution in [0.15, 0.2) is 0 Å². The average molecular weight is 290 g/mol. The summed E-state index contributed by atoms with van der Waals surface area (Å²) in [7, 11) is -4.26. The molecule has 0 aromatic rings. The number of hydrogen-bond acceptors (Lipinski definition) is 3. The third-order valence-electron chi connectivity index (χ3n) is 0.439. The van der Waals surface area contributed by atoms with Gasteiger partial charge in [-0.3, -0.25) is 0 Å². The van der Waals surface area contributed by atoms with Gasteiger partial charge in [0.2, 0.25) is 0 Å². The van der Waals surface area contributed by atoms with Gasteiger partial charge in [-0.15, -0.1) is 0 Å². The van der Waals surface area contributed by atoms with E-state index in [2.05, 4.69) is 31.9 Å². The van der Waals surface area contributed by atoms with Crippen LogP contribution >= 0.6 is 31.9 Å². The Morgan fingerprint density at radius 3 is 1.56 bits per heavy atom. The molecule has 3 nitrogen and oxygen atoms in total. The van der Waals surface area contributed by atoms with Gasteiger partial charge in [0.15, 0.2) is 2.57 Å². The Balaban J connectivity index is 0. The van der Waals surface area contributed by atoms with E-state index in [9.17, 15) is 13.0 Å². The average Bonchev–Trinajstić information content (AvgIpc) is 1.25. The van der Waals surface area contributed by atoms with E-state index in [0.717, 1.165) is 0 Å². The van der Waals surface area contributed by atoms with Crippen molar-refractivity contribution in [3.8, 4) is 0 Å². The van der Waals surface area contributed by atoms with E-state index in [4.69, 9.17) is 0 Å². The molecule has 0 N–H and O–H groups in total. The zero-order chi connectivity index (χ0) is 7.00. The monoisotopic (exact) mass is 288 g/mol. The van der Waals surface area contributed by atoms with Gasteiger partial charge in [-0.25, -0.2) is 8.42 Å². The van der Waals surface area contributed by atoms with Crippen LogP contribution in [-0.2, 0) is 10.1 Å². The molecule has 0 amide bonds. The first kappa shape index (κ1) is 13.5. The summed E-state index contributed by atoms with van der Waals surface area (Å²) < 4.78 is 28.5. The maximum atomic E-state index is 10.0. The van der Waals surface area contributed by atoms with Crippen LogP contribution in [0.25, 0.3) is 0 Å². The molecule has 0 bridgehead atoms. The van der Waals surface area contributed by atoms with Crippen LogP contribution in [0.2, 0.25) is 0 Å². The molecule has 0 aromatic carbocycles. The van der Waals surface area contributed by atoms with E-state index in [1.54, 1.807) is 0 Å². The minimum Gasteiger partial charge on any atom is -0.746 e. The second kappa shape index (κ2) is 4.04. The maximum absolute atomic E-state index is 10.0. The summed E-state index contributed by atoms with van der Waals surface area (Å²) in [5.74, 6) is 0. The first-order valence-corrected chi connectivity index (χ1v) is 4.58. The fourth-order valence-electron chi connectivity index (χ4n) is 0. The molecule has 0 atom stereocenters. The minimum atomic E-state index is -4.26. The number of halogens is 2. The van der Waals surface area contributed by atoms with Gasteiger partial charge in [-0.05, 0) is 6.92 Å². The first-order chi connectivity index (χ1) is 3.25. The van der Waals surface area contributed by atoms with Crippen LogP contribution in [0.5, 0.6) is 0 Å². The fourth-order valence-corrected chi connectivity index (χ4v) is 0. The van der Waals surface area contributed by atoms with Gasteiger partial charge in [0.05, 0.1) is 0 Å². The van der Waals surface area contributed by atoms with E-state index in [0.29, 0.717) is 0 Å². The number of alkyl halides is 2. The second-order valence-electron chi connectivity index (χ2n) is 1.26. The molecule has 0 aliphatic heterocycles. The van der Waals surface area contributed by atoms with E-state index in [-0.39, 0.29) is 29.6 Å². The molecular formula is C2H3Br2NaO3S. The Bertz CT molecular complexity index is 169. The van der Waals surface area contributed by atoms with Gasteiger partial charge in [-0.2, -0.15) is 0 Å². The van der Waals surface area contributed by atoms with Crippen molar-refractivity contribution in [2.75, 3.05) is 0 Å². The molecule has 0 saturated carbocycles. The van der Waals surface area contributed by atoms with Crippen LogP contribution in [-0.4, -0.2) is 15.5 Å². The van der Waals surface area contributed by atoms with Crippen LogP contribution in [0.4, 0.5) is 0 Å². The van der Waals surface area contributed by atoms with E-state index < -0.39 is 12.7 Å². The predicted molar refractivity (Wildman–Crippen MR) is 36.0 cm³/mol. The summed E-state index contributed by atoms with van der Waals surface area (Å²) in [6.45, 7) is 1.20. The van der Waals surface area contributed by atoms with Crippen molar-refractivity contribution in [1.29, 1.82) is 0 Å². The Labute approximate surface area is 92.9 Å². The molecule has 0 heterocycles. The molecule has 7 heteroatoms. The van der Waals surface area contributed by atoms with E-state index in [1.807, 2.05) is 0 Å². The normalized spacial score (nSPS) is 12.4. The van der Waals surface area contributed by atoms with Gasteiger partial charge < -0.3 is 4.55 Å². The standard InChI is InChI=1S/C2H4Br2O3S.Na/c1-2(3,4)8(5,6)7;/h1H3,(H,5,6,7);/q;+1/p-1. The van der Waals surface area contributed by atoms with Crippen molar-refractivity contribution in [3.63, 3.8) is 0 Å². The minimum absolute atomic E-state index is 0. The van der Waals surface area contributed by atoms with Crippen molar-refractivity contribution in [2.24, 2.45) is 0 Å². The smallest absolute Gasteiger partial charge is 0.746 e. The predicted octanol–water partition coefficient (Wildman–Crippen LogP) is -2.00. The fraction of sp³-hybridized carbons (Fsp3) is 1.00. The summed E-state index contributed by atoms with van der Waals surface area (Å²) in [5.41, 5.74) is 0. The molecule has 0 saturated heterocycles. The van der Waals surface area contributed by atoms with Crippen LogP contribution in [0.1, 0.15) is 6.92 Å². The van der Waals surface area contributed by atoms with Gasteiger partial charge in [0.1, 0.15) is 10.1 Å². The zero-order valence-corrected chi connectivity index (χ0v) is 10.9. The quantitative estimate of drug-likeness (QED) is 0.319. The van der Waals surface area contributed by atoms with Crippen molar-refractivity contribution in [2.45, 2.75) is 9.49 Å². The molecule has 0 rings (SSSR count).